The topological polar surface area (TPSA) is 46.9 Å². The molecule has 6 rings (SSSR count). The fourth-order valence-corrected chi connectivity index (χ4v) is 6.20. The van der Waals surface area contributed by atoms with E-state index in [-0.39, 0.29) is 11.9 Å². The molecule has 1 amide bonds. The van der Waals surface area contributed by atoms with E-state index < -0.39 is 5.82 Å². The lowest BCUT2D eigenvalue weighted by molar-refractivity contribution is -0.0399. The Kier molecular flexibility index (Phi) is 5.01. The van der Waals surface area contributed by atoms with Gasteiger partial charge in [-0.2, -0.15) is 5.10 Å². The van der Waals surface area contributed by atoms with Crippen molar-refractivity contribution in [1.82, 2.24) is 15.1 Å². The highest BCUT2D eigenvalue weighted by molar-refractivity contribution is 6.05. The summed E-state index contributed by atoms with van der Waals surface area (Å²) >= 11 is 0. The molecule has 34 heavy (non-hydrogen) atoms. The monoisotopic (exact) mass is 453 g/mol. The van der Waals surface area contributed by atoms with Gasteiger partial charge in [0.15, 0.2) is 0 Å². The highest BCUT2D eigenvalue weighted by atomic mass is 19.1. The summed E-state index contributed by atoms with van der Waals surface area (Å²) in [6.07, 6.45) is 6.24. The lowest BCUT2D eigenvalue weighted by atomic mass is 9.50. The minimum Gasteiger partial charge on any atom is -0.349 e. The number of aromatic nitrogens is 2. The summed E-state index contributed by atoms with van der Waals surface area (Å²) in [6, 6.07) is 21.6. The summed E-state index contributed by atoms with van der Waals surface area (Å²) < 4.78 is 16.1. The van der Waals surface area contributed by atoms with Crippen molar-refractivity contribution >= 4 is 16.8 Å². The minimum absolute atomic E-state index is 0.181. The molecule has 1 aromatic heterocycles. The SMILES string of the molecule is CC1CC2(C1)CC(NC(=O)c1cc(F)cc3cnn(Cc4ccc(-c5ccccc5)cc4)c13)C2. The van der Waals surface area contributed by atoms with Crippen LogP contribution < -0.4 is 5.32 Å². The number of fused-ring (bicyclic) bond motifs is 1. The Labute approximate surface area is 198 Å². The average Bonchev–Trinajstić information content (AvgIpc) is 3.19. The van der Waals surface area contributed by atoms with E-state index in [2.05, 4.69) is 53.7 Å². The van der Waals surface area contributed by atoms with Gasteiger partial charge in [-0.15, -0.1) is 0 Å². The van der Waals surface area contributed by atoms with E-state index in [4.69, 9.17) is 0 Å². The van der Waals surface area contributed by atoms with E-state index in [1.54, 1.807) is 10.9 Å². The zero-order chi connectivity index (χ0) is 23.3. The van der Waals surface area contributed by atoms with Crippen molar-refractivity contribution in [2.24, 2.45) is 11.3 Å². The van der Waals surface area contributed by atoms with Crippen LogP contribution in [0.3, 0.4) is 0 Å². The van der Waals surface area contributed by atoms with Gasteiger partial charge in [-0.25, -0.2) is 4.39 Å². The molecule has 172 valence electrons. The Morgan fingerprint density at radius 3 is 2.44 bits per heavy atom. The van der Waals surface area contributed by atoms with E-state index >= 15 is 0 Å². The van der Waals surface area contributed by atoms with Crippen LogP contribution in [-0.2, 0) is 6.54 Å². The number of nitrogens with zero attached hydrogens (tertiary/aromatic N) is 2. The maximum atomic E-state index is 14.3. The zero-order valence-corrected chi connectivity index (χ0v) is 19.3. The zero-order valence-electron chi connectivity index (χ0n) is 19.3. The predicted octanol–water partition coefficient (Wildman–Crippen LogP) is 6.20. The first-order chi connectivity index (χ1) is 16.5. The summed E-state index contributed by atoms with van der Waals surface area (Å²) in [7, 11) is 0. The predicted molar refractivity (Wildman–Crippen MR) is 132 cm³/mol. The fraction of sp³-hybridized carbons (Fsp3) is 0.310. The van der Waals surface area contributed by atoms with E-state index in [1.165, 1.54) is 30.5 Å². The number of nitrogens with one attached hydrogen (secondary N) is 1. The number of benzene rings is 3. The third-order valence-electron chi connectivity index (χ3n) is 7.59. The van der Waals surface area contributed by atoms with Gasteiger partial charge in [-0.1, -0.05) is 61.5 Å². The number of amides is 1. The molecular weight excluding hydrogens is 425 g/mol. The molecule has 0 unspecified atom stereocenters. The molecule has 0 aliphatic heterocycles. The van der Waals surface area contributed by atoms with Crippen molar-refractivity contribution in [3.63, 3.8) is 0 Å². The standard InChI is InChI=1S/C29H28FN3O/c1-19-13-29(14-19)15-25(16-29)32-28(34)26-12-24(30)11-23-17-31-33(27(23)26)18-20-7-9-22(10-8-20)21-5-3-2-4-6-21/h2-12,17,19,25H,13-16,18H2,1H3,(H,32,34). The normalized spacial score (nSPS) is 23.5. The first-order valence-corrected chi connectivity index (χ1v) is 12.1. The van der Waals surface area contributed by atoms with Crippen LogP contribution in [0.1, 0.15) is 48.5 Å². The molecule has 1 heterocycles. The number of carbonyl (C=O) groups excluding carboxylic acids is 1. The highest BCUT2D eigenvalue weighted by Gasteiger charge is 2.51. The van der Waals surface area contributed by atoms with Gasteiger partial charge in [0.25, 0.3) is 5.91 Å². The average molecular weight is 454 g/mol. The van der Waals surface area contributed by atoms with Crippen LogP contribution in [0.2, 0.25) is 0 Å². The maximum Gasteiger partial charge on any atom is 0.253 e. The molecule has 0 atom stereocenters. The molecule has 5 heteroatoms. The number of carbonyl (C=O) groups is 1. The van der Waals surface area contributed by atoms with Crippen molar-refractivity contribution in [1.29, 1.82) is 0 Å². The maximum absolute atomic E-state index is 14.3. The Morgan fingerprint density at radius 2 is 1.74 bits per heavy atom. The third kappa shape index (κ3) is 3.79. The molecule has 2 aliphatic rings. The van der Waals surface area contributed by atoms with Crippen molar-refractivity contribution < 1.29 is 9.18 Å². The smallest absolute Gasteiger partial charge is 0.253 e. The van der Waals surface area contributed by atoms with E-state index in [0.29, 0.717) is 28.4 Å². The lowest BCUT2D eigenvalue weighted by Gasteiger charge is -2.57. The summed E-state index contributed by atoms with van der Waals surface area (Å²) in [4.78, 5) is 13.2. The summed E-state index contributed by atoms with van der Waals surface area (Å²) in [6.45, 7) is 2.80. The quantitative estimate of drug-likeness (QED) is 0.391. The molecule has 3 aromatic carbocycles. The Bertz CT molecular complexity index is 1350. The second kappa shape index (κ2) is 8.08. The first kappa shape index (κ1) is 21.1. The Morgan fingerprint density at radius 1 is 1.03 bits per heavy atom. The van der Waals surface area contributed by atoms with Crippen molar-refractivity contribution in [3.05, 3.63) is 89.9 Å². The Hall–Kier alpha value is -3.47. The Balaban J connectivity index is 1.23. The van der Waals surface area contributed by atoms with Crippen molar-refractivity contribution in [2.75, 3.05) is 0 Å². The number of rotatable bonds is 5. The molecule has 2 fully saturated rings. The van der Waals surface area contributed by atoms with Gasteiger partial charge in [0, 0.05) is 11.4 Å². The van der Waals surface area contributed by atoms with Gasteiger partial charge < -0.3 is 5.32 Å². The number of halogens is 1. The van der Waals surface area contributed by atoms with Crippen LogP contribution in [0.15, 0.2) is 72.9 Å². The molecule has 2 saturated carbocycles. The van der Waals surface area contributed by atoms with Gasteiger partial charge in [-0.05, 0) is 65.8 Å². The van der Waals surface area contributed by atoms with Gasteiger partial charge in [0.1, 0.15) is 5.82 Å². The van der Waals surface area contributed by atoms with E-state index in [9.17, 15) is 9.18 Å². The molecule has 4 aromatic rings. The number of hydrogen-bond acceptors (Lipinski definition) is 2. The van der Waals surface area contributed by atoms with Crippen molar-refractivity contribution in [3.8, 4) is 11.1 Å². The van der Waals surface area contributed by atoms with Crippen molar-refractivity contribution in [2.45, 2.75) is 45.2 Å². The summed E-state index contributed by atoms with van der Waals surface area (Å²) in [5.41, 5.74) is 4.87. The molecule has 0 bridgehead atoms. The number of hydrogen-bond donors (Lipinski definition) is 1. The van der Waals surface area contributed by atoms with Crippen LogP contribution in [0.4, 0.5) is 4.39 Å². The van der Waals surface area contributed by atoms with Gasteiger partial charge >= 0.3 is 0 Å². The second-order valence-electron chi connectivity index (χ2n) is 10.3. The molecular formula is C29H28FN3O. The van der Waals surface area contributed by atoms with E-state index in [1.807, 2.05) is 18.2 Å². The molecule has 0 saturated heterocycles. The molecule has 2 aliphatic carbocycles. The molecule has 0 radical (unpaired) electrons. The van der Waals surface area contributed by atoms with Crippen LogP contribution in [0.25, 0.3) is 22.0 Å². The minimum atomic E-state index is -0.415. The van der Waals surface area contributed by atoms with Crippen LogP contribution in [-0.4, -0.2) is 21.7 Å². The van der Waals surface area contributed by atoms with Gasteiger partial charge in [-0.3, -0.25) is 9.48 Å². The second-order valence-corrected chi connectivity index (χ2v) is 10.3. The fourth-order valence-electron chi connectivity index (χ4n) is 6.20. The lowest BCUT2D eigenvalue weighted by Crippen LogP contribution is -2.55. The van der Waals surface area contributed by atoms with E-state index in [0.717, 1.165) is 29.9 Å². The summed E-state index contributed by atoms with van der Waals surface area (Å²) in [5, 5.41) is 8.29. The summed E-state index contributed by atoms with van der Waals surface area (Å²) in [5.74, 6) is 0.177. The largest absolute Gasteiger partial charge is 0.349 e. The molecule has 4 nitrogen and oxygen atoms in total. The molecule has 1 spiro atoms. The van der Waals surface area contributed by atoms with Gasteiger partial charge in [0.2, 0.25) is 0 Å². The molecule has 1 N–H and O–H groups in total. The van der Waals surface area contributed by atoms with Crippen LogP contribution in [0, 0.1) is 17.2 Å². The first-order valence-electron chi connectivity index (χ1n) is 12.1. The highest BCUT2D eigenvalue weighted by Crippen LogP contribution is 2.58. The third-order valence-corrected chi connectivity index (χ3v) is 7.59. The van der Waals surface area contributed by atoms with Crippen LogP contribution >= 0.6 is 0 Å². The van der Waals surface area contributed by atoms with Crippen LogP contribution in [0.5, 0.6) is 0 Å². The van der Waals surface area contributed by atoms with Gasteiger partial charge in [0.05, 0.1) is 23.8 Å².